The van der Waals surface area contributed by atoms with Gasteiger partial charge in [-0.3, -0.25) is 0 Å². The van der Waals surface area contributed by atoms with E-state index in [4.69, 9.17) is 4.74 Å². The van der Waals surface area contributed by atoms with E-state index in [9.17, 15) is 0 Å². The van der Waals surface area contributed by atoms with Crippen LogP contribution < -0.4 is 4.74 Å². The van der Waals surface area contributed by atoms with Crippen LogP contribution in [0.5, 0.6) is 5.75 Å². The van der Waals surface area contributed by atoms with E-state index in [1.54, 1.807) is 6.33 Å². The van der Waals surface area contributed by atoms with E-state index in [2.05, 4.69) is 20.9 Å². The molecule has 0 aliphatic rings. The van der Waals surface area contributed by atoms with Gasteiger partial charge in [-0.15, -0.1) is 0 Å². The summed E-state index contributed by atoms with van der Waals surface area (Å²) < 4.78 is 8.52. The summed E-state index contributed by atoms with van der Waals surface area (Å²) in [6, 6.07) is 7.97. The van der Waals surface area contributed by atoms with Gasteiger partial charge in [-0.05, 0) is 54.0 Å². The van der Waals surface area contributed by atoms with Gasteiger partial charge in [0, 0.05) is 12.6 Å². The lowest BCUT2D eigenvalue weighted by Crippen LogP contribution is -2.05. The van der Waals surface area contributed by atoms with E-state index < -0.39 is 0 Å². The van der Waals surface area contributed by atoms with E-state index in [1.165, 1.54) is 0 Å². The van der Waals surface area contributed by atoms with Crippen LogP contribution in [0.4, 0.5) is 0 Å². The van der Waals surface area contributed by atoms with Crippen LogP contribution in [0.2, 0.25) is 0 Å². The summed E-state index contributed by atoms with van der Waals surface area (Å²) in [4.78, 5) is 4.35. The molecule has 0 unspecified atom stereocenters. The molecule has 2 rings (SSSR count). The second-order valence-corrected chi connectivity index (χ2v) is 4.94. The van der Waals surface area contributed by atoms with Gasteiger partial charge < -0.3 is 9.30 Å². The highest BCUT2D eigenvalue weighted by Gasteiger charge is 2.08. The highest BCUT2D eigenvalue weighted by atomic mass is 79.9. The number of imidazole rings is 1. The van der Waals surface area contributed by atoms with Crippen molar-refractivity contribution < 1.29 is 4.74 Å². The summed E-state index contributed by atoms with van der Waals surface area (Å²) in [6.07, 6.45) is 1.99. The van der Waals surface area contributed by atoms with E-state index in [1.807, 2.05) is 49.7 Å². The van der Waals surface area contributed by atoms with Crippen LogP contribution in [0.15, 0.2) is 35.2 Å². The number of benzene rings is 1. The molecule has 0 saturated carbocycles. The lowest BCUT2D eigenvalue weighted by Gasteiger charge is -2.09. The van der Waals surface area contributed by atoms with Crippen molar-refractivity contribution in [2.24, 2.45) is 7.05 Å². The first kappa shape index (κ1) is 12.2. The fraction of sp³-hybridized carbons (Fsp3) is 0.308. The first-order valence-corrected chi connectivity index (χ1v) is 6.31. The van der Waals surface area contributed by atoms with Crippen molar-refractivity contribution in [2.45, 2.75) is 20.0 Å². The van der Waals surface area contributed by atoms with Gasteiger partial charge in [-0.25, -0.2) is 4.98 Å². The highest BCUT2D eigenvalue weighted by molar-refractivity contribution is 9.10. The monoisotopic (exact) mass is 294 g/mol. The Morgan fingerprint density at radius 3 is 2.35 bits per heavy atom. The standard InChI is InChI=1S/C13H15BrN2O/c1-9(2)17-11-6-4-10(5-7-11)12-13(14)16(3)8-15-12/h4-9H,1-3H3. The van der Waals surface area contributed by atoms with Crippen LogP contribution in [0.3, 0.4) is 0 Å². The Morgan fingerprint density at radius 1 is 1.24 bits per heavy atom. The maximum absolute atomic E-state index is 5.60. The van der Waals surface area contributed by atoms with Gasteiger partial charge in [0.2, 0.25) is 0 Å². The molecule has 90 valence electrons. The van der Waals surface area contributed by atoms with Gasteiger partial charge in [0.25, 0.3) is 0 Å². The van der Waals surface area contributed by atoms with Crippen molar-refractivity contribution in [3.8, 4) is 17.0 Å². The molecule has 0 radical (unpaired) electrons. The second kappa shape index (κ2) is 4.92. The lowest BCUT2D eigenvalue weighted by atomic mass is 10.1. The number of aromatic nitrogens is 2. The minimum Gasteiger partial charge on any atom is -0.491 e. The fourth-order valence-electron chi connectivity index (χ4n) is 1.57. The number of nitrogens with zero attached hydrogens (tertiary/aromatic N) is 2. The zero-order valence-electron chi connectivity index (χ0n) is 10.1. The summed E-state index contributed by atoms with van der Waals surface area (Å²) >= 11 is 3.51. The maximum atomic E-state index is 5.60. The molecule has 0 aliphatic heterocycles. The molecule has 1 aromatic carbocycles. The molecule has 0 saturated heterocycles. The Balaban J connectivity index is 2.26. The van der Waals surface area contributed by atoms with Crippen molar-refractivity contribution in [1.29, 1.82) is 0 Å². The summed E-state index contributed by atoms with van der Waals surface area (Å²) in [6.45, 7) is 4.03. The second-order valence-electron chi connectivity index (χ2n) is 4.19. The molecule has 1 aromatic heterocycles. The summed E-state index contributed by atoms with van der Waals surface area (Å²) in [7, 11) is 1.96. The fourth-order valence-corrected chi connectivity index (χ4v) is 2.00. The number of halogens is 1. The smallest absolute Gasteiger partial charge is 0.119 e. The summed E-state index contributed by atoms with van der Waals surface area (Å²) in [5.74, 6) is 0.885. The van der Waals surface area contributed by atoms with E-state index >= 15 is 0 Å². The Morgan fingerprint density at radius 2 is 1.88 bits per heavy atom. The predicted octanol–water partition coefficient (Wildman–Crippen LogP) is 3.64. The van der Waals surface area contributed by atoms with Crippen molar-refractivity contribution in [1.82, 2.24) is 9.55 Å². The van der Waals surface area contributed by atoms with Gasteiger partial charge in [0.15, 0.2) is 0 Å². The van der Waals surface area contributed by atoms with E-state index in [0.717, 1.165) is 21.6 Å². The first-order chi connectivity index (χ1) is 8.08. The molecule has 3 nitrogen and oxygen atoms in total. The zero-order chi connectivity index (χ0) is 12.4. The number of hydrogen-bond acceptors (Lipinski definition) is 2. The molecule has 0 bridgehead atoms. The van der Waals surface area contributed by atoms with Gasteiger partial charge in [0.1, 0.15) is 16.0 Å². The Hall–Kier alpha value is -1.29. The molecule has 0 amide bonds. The molecule has 0 spiro atoms. The van der Waals surface area contributed by atoms with Crippen LogP contribution in [0.1, 0.15) is 13.8 Å². The maximum Gasteiger partial charge on any atom is 0.119 e. The van der Waals surface area contributed by atoms with Crippen molar-refractivity contribution in [3.63, 3.8) is 0 Å². The van der Waals surface area contributed by atoms with Crippen molar-refractivity contribution in [3.05, 3.63) is 35.2 Å². The Kier molecular flexibility index (Phi) is 3.52. The number of rotatable bonds is 3. The third-order valence-electron chi connectivity index (χ3n) is 2.36. The van der Waals surface area contributed by atoms with E-state index in [-0.39, 0.29) is 6.10 Å². The summed E-state index contributed by atoms with van der Waals surface area (Å²) in [5, 5.41) is 0. The largest absolute Gasteiger partial charge is 0.491 e. The molecule has 17 heavy (non-hydrogen) atoms. The van der Waals surface area contributed by atoms with Crippen LogP contribution in [-0.2, 0) is 7.05 Å². The van der Waals surface area contributed by atoms with Gasteiger partial charge >= 0.3 is 0 Å². The minimum absolute atomic E-state index is 0.197. The van der Waals surface area contributed by atoms with Gasteiger partial charge in [0.05, 0.1) is 12.4 Å². The first-order valence-electron chi connectivity index (χ1n) is 5.52. The molecule has 0 atom stereocenters. The van der Waals surface area contributed by atoms with Gasteiger partial charge in [-0.2, -0.15) is 0 Å². The Bertz CT molecular complexity index is 503. The average molecular weight is 295 g/mol. The predicted molar refractivity (Wildman–Crippen MR) is 72.1 cm³/mol. The molecule has 0 N–H and O–H groups in total. The molecule has 4 heteroatoms. The molecular formula is C13H15BrN2O. The van der Waals surface area contributed by atoms with Crippen molar-refractivity contribution >= 4 is 15.9 Å². The lowest BCUT2D eigenvalue weighted by molar-refractivity contribution is 0.242. The number of ether oxygens (including phenoxy) is 1. The third-order valence-corrected chi connectivity index (χ3v) is 3.30. The van der Waals surface area contributed by atoms with Gasteiger partial charge in [-0.1, -0.05) is 0 Å². The number of hydrogen-bond donors (Lipinski definition) is 0. The quantitative estimate of drug-likeness (QED) is 0.864. The Labute approximate surface area is 110 Å². The van der Waals surface area contributed by atoms with Crippen LogP contribution in [0.25, 0.3) is 11.3 Å². The van der Waals surface area contributed by atoms with Crippen molar-refractivity contribution in [2.75, 3.05) is 0 Å². The topological polar surface area (TPSA) is 27.1 Å². The number of aryl methyl sites for hydroxylation is 1. The molecule has 0 aliphatic carbocycles. The molecule has 1 heterocycles. The highest BCUT2D eigenvalue weighted by Crippen LogP contribution is 2.27. The average Bonchev–Trinajstić information content (AvgIpc) is 2.60. The summed E-state index contributed by atoms with van der Waals surface area (Å²) in [5.41, 5.74) is 2.03. The van der Waals surface area contributed by atoms with Crippen LogP contribution in [-0.4, -0.2) is 15.7 Å². The third kappa shape index (κ3) is 2.69. The zero-order valence-corrected chi connectivity index (χ0v) is 11.7. The van der Waals surface area contributed by atoms with Crippen LogP contribution in [0, 0.1) is 0 Å². The van der Waals surface area contributed by atoms with Crippen LogP contribution >= 0.6 is 15.9 Å². The normalized spacial score (nSPS) is 10.9. The molecular weight excluding hydrogens is 280 g/mol. The SMILES string of the molecule is CC(C)Oc1ccc(-c2ncn(C)c2Br)cc1. The molecule has 2 aromatic rings. The van der Waals surface area contributed by atoms with E-state index in [0.29, 0.717) is 0 Å². The molecule has 0 fully saturated rings. The minimum atomic E-state index is 0.197.